The number of anilines is 2. The van der Waals surface area contributed by atoms with Crippen LogP contribution in [0.1, 0.15) is 33.3 Å². The number of rotatable bonds is 6. The quantitative estimate of drug-likeness (QED) is 0.577. The first kappa shape index (κ1) is 24.3. The zero-order valence-corrected chi connectivity index (χ0v) is 20.6. The van der Waals surface area contributed by atoms with E-state index in [0.29, 0.717) is 21.3 Å². The highest BCUT2D eigenvalue weighted by atomic mass is 35.5. The molecule has 1 unspecified atom stereocenters. The van der Waals surface area contributed by atoms with Gasteiger partial charge >= 0.3 is 0 Å². The van der Waals surface area contributed by atoms with E-state index in [1.54, 1.807) is 44.2 Å². The molecule has 2 aromatic rings. The molecule has 0 aromatic heterocycles. The Morgan fingerprint density at radius 2 is 1.82 bits per heavy atom. The summed E-state index contributed by atoms with van der Waals surface area (Å²) in [6.45, 7) is 6.99. The summed E-state index contributed by atoms with van der Waals surface area (Å²) in [4.78, 5) is 42.3. The van der Waals surface area contributed by atoms with Crippen molar-refractivity contribution in [1.29, 1.82) is 0 Å². The van der Waals surface area contributed by atoms with Crippen LogP contribution in [0.4, 0.5) is 11.4 Å². The van der Waals surface area contributed by atoms with Gasteiger partial charge in [0, 0.05) is 27.0 Å². The van der Waals surface area contributed by atoms with Crippen LogP contribution in [0.3, 0.4) is 0 Å². The molecule has 7 nitrogen and oxygen atoms in total. The molecule has 2 aromatic carbocycles. The second kappa shape index (κ2) is 8.41. The zero-order chi connectivity index (χ0) is 25.0. The van der Waals surface area contributed by atoms with Gasteiger partial charge in [0.2, 0.25) is 0 Å². The Kier molecular flexibility index (Phi) is 6.00. The smallest absolute Gasteiger partial charge is 0.295 e. The number of hydrogen-bond acceptors (Lipinski definition) is 5. The molecule has 0 radical (unpaired) electrons. The van der Waals surface area contributed by atoms with Crippen LogP contribution in [-0.4, -0.2) is 35.4 Å². The van der Waals surface area contributed by atoms with Gasteiger partial charge in [-0.1, -0.05) is 49.2 Å². The molecule has 0 aliphatic carbocycles. The van der Waals surface area contributed by atoms with E-state index < -0.39 is 34.3 Å². The van der Waals surface area contributed by atoms with E-state index in [-0.39, 0.29) is 24.0 Å². The Morgan fingerprint density at radius 1 is 1.15 bits per heavy atom. The normalized spacial score (nSPS) is 19.9. The van der Waals surface area contributed by atoms with Crippen LogP contribution in [0.5, 0.6) is 0 Å². The number of fused-ring (bicyclic) bond motifs is 2. The number of Topliss-reactive ketones (excluding diaryl/α,β-unsaturated/α-hetero) is 1. The highest BCUT2D eigenvalue weighted by molar-refractivity contribution is 6.33. The molecule has 0 saturated heterocycles. The van der Waals surface area contributed by atoms with Crippen molar-refractivity contribution >= 4 is 52.2 Å². The number of hydrogen-bond donors (Lipinski definition) is 2. The van der Waals surface area contributed by atoms with Gasteiger partial charge in [0.1, 0.15) is 0 Å². The maximum Gasteiger partial charge on any atom is 0.295 e. The number of nitrogens with zero attached hydrogens (tertiary/aromatic N) is 1. The molecule has 0 bridgehead atoms. The van der Waals surface area contributed by atoms with Crippen molar-refractivity contribution in [2.45, 2.75) is 39.3 Å². The van der Waals surface area contributed by atoms with Crippen LogP contribution in [0.25, 0.3) is 0 Å². The summed E-state index contributed by atoms with van der Waals surface area (Å²) in [6, 6.07) is 11.0. The Morgan fingerprint density at radius 3 is 2.47 bits per heavy atom. The Bertz CT molecular complexity index is 1250. The molecule has 2 amide bonds. The van der Waals surface area contributed by atoms with E-state index in [2.05, 4.69) is 5.32 Å². The summed E-state index contributed by atoms with van der Waals surface area (Å²) >= 11 is 12.3. The highest BCUT2D eigenvalue weighted by Gasteiger charge is 2.65. The fraction of sp³-hybridized carbons (Fsp3) is 0.320. The lowest BCUT2D eigenvalue weighted by molar-refractivity contribution is -0.130. The topological polar surface area (TPSA) is 95.9 Å². The highest BCUT2D eigenvalue weighted by Crippen LogP contribution is 2.54. The van der Waals surface area contributed by atoms with Crippen molar-refractivity contribution in [3.8, 4) is 0 Å². The summed E-state index contributed by atoms with van der Waals surface area (Å²) in [6.07, 6.45) is -0.144. The van der Waals surface area contributed by atoms with E-state index in [0.717, 1.165) is 4.90 Å². The number of benzene rings is 2. The molecule has 1 spiro atoms. The van der Waals surface area contributed by atoms with Gasteiger partial charge in [0.15, 0.2) is 17.1 Å². The van der Waals surface area contributed by atoms with E-state index >= 15 is 0 Å². The van der Waals surface area contributed by atoms with Gasteiger partial charge in [0.25, 0.3) is 11.8 Å². The molecule has 0 saturated carbocycles. The second-order valence-corrected chi connectivity index (χ2v) is 10.1. The molecule has 2 aliphatic heterocycles. The molecule has 1 atom stereocenters. The van der Waals surface area contributed by atoms with E-state index in [9.17, 15) is 19.5 Å². The number of carbonyl (C=O) groups is 3. The van der Waals surface area contributed by atoms with Crippen molar-refractivity contribution < 1.29 is 24.2 Å². The largest absolute Gasteiger partial charge is 0.503 e. The Balaban J connectivity index is 1.99. The van der Waals surface area contributed by atoms with Crippen molar-refractivity contribution in [2.24, 2.45) is 5.41 Å². The third-order valence-electron chi connectivity index (χ3n) is 5.97. The molecule has 0 fully saturated rings. The summed E-state index contributed by atoms with van der Waals surface area (Å²) < 4.78 is 5.68. The maximum atomic E-state index is 14.0. The average Bonchev–Trinajstić information content (AvgIpc) is 3.16. The van der Waals surface area contributed by atoms with E-state index in [1.165, 1.54) is 12.1 Å². The number of ether oxygens (including phenoxy) is 1. The van der Waals surface area contributed by atoms with Gasteiger partial charge in [-0.2, -0.15) is 0 Å². The van der Waals surface area contributed by atoms with Gasteiger partial charge in [-0.3, -0.25) is 19.3 Å². The minimum Gasteiger partial charge on any atom is -0.503 e. The lowest BCUT2D eigenvalue weighted by atomic mass is 9.74. The summed E-state index contributed by atoms with van der Waals surface area (Å²) in [5, 5.41) is 14.5. The van der Waals surface area contributed by atoms with Crippen LogP contribution in [0, 0.1) is 5.41 Å². The first-order valence-electron chi connectivity index (χ1n) is 10.7. The molecule has 34 heavy (non-hydrogen) atoms. The van der Waals surface area contributed by atoms with Crippen molar-refractivity contribution in [3.05, 3.63) is 69.4 Å². The molecule has 2 aliphatic rings. The molecule has 9 heteroatoms. The molecule has 2 heterocycles. The van der Waals surface area contributed by atoms with Crippen molar-refractivity contribution in [1.82, 2.24) is 0 Å². The number of amides is 2. The molecular weight excluding hydrogens is 479 g/mol. The fourth-order valence-corrected chi connectivity index (χ4v) is 4.72. The van der Waals surface area contributed by atoms with E-state index in [4.69, 9.17) is 27.9 Å². The Hall–Kier alpha value is -2.87. The van der Waals surface area contributed by atoms with Gasteiger partial charge in [-0.25, -0.2) is 0 Å². The maximum absolute atomic E-state index is 14.0. The van der Waals surface area contributed by atoms with Crippen LogP contribution >= 0.6 is 23.2 Å². The predicted octanol–water partition coefficient (Wildman–Crippen LogP) is 5.02. The van der Waals surface area contributed by atoms with Crippen LogP contribution in [-0.2, 0) is 24.7 Å². The fourth-order valence-electron chi connectivity index (χ4n) is 4.37. The van der Waals surface area contributed by atoms with Gasteiger partial charge < -0.3 is 15.2 Å². The van der Waals surface area contributed by atoms with Crippen LogP contribution in [0.15, 0.2) is 53.8 Å². The number of aliphatic hydroxyl groups is 1. The van der Waals surface area contributed by atoms with Crippen LogP contribution in [0.2, 0.25) is 10.0 Å². The number of carbonyl (C=O) groups excluding carboxylic acids is 3. The molecule has 4 rings (SSSR count). The minimum atomic E-state index is -1.95. The third kappa shape index (κ3) is 3.59. The Labute approximate surface area is 207 Å². The van der Waals surface area contributed by atoms with Gasteiger partial charge in [-0.05, 0) is 44.2 Å². The first-order chi connectivity index (χ1) is 15.9. The van der Waals surface area contributed by atoms with Gasteiger partial charge in [-0.15, -0.1) is 0 Å². The zero-order valence-electron chi connectivity index (χ0n) is 19.1. The summed E-state index contributed by atoms with van der Waals surface area (Å²) in [7, 11) is 0. The van der Waals surface area contributed by atoms with Crippen molar-refractivity contribution in [2.75, 3.05) is 16.8 Å². The van der Waals surface area contributed by atoms with Gasteiger partial charge in [0.05, 0.1) is 23.7 Å². The lowest BCUT2D eigenvalue weighted by Crippen LogP contribution is -2.53. The summed E-state index contributed by atoms with van der Waals surface area (Å²) in [5.41, 5.74) is -2.50. The van der Waals surface area contributed by atoms with E-state index in [1.807, 2.05) is 13.8 Å². The molecular formula is C25H24Cl2N2O5. The monoisotopic (exact) mass is 502 g/mol. The molecule has 2 N–H and O–H groups in total. The third-order valence-corrected chi connectivity index (χ3v) is 6.44. The number of nitrogens with one attached hydrogen (secondary N) is 1. The lowest BCUT2D eigenvalue weighted by Gasteiger charge is -2.37. The standard InChI is InChI=1S/C25H24Cl2N2O5/c1-13(2)34-12-24(3,4)21(31)19-20(30)22(32)29(16-7-5-6-14(26)10-16)25(19)17-9-8-15(27)11-18(17)28-23(25)33/h5-11,13,30H,12H2,1-4H3,(H,28,33). The number of aliphatic hydroxyl groups excluding tert-OH is 1. The summed E-state index contributed by atoms with van der Waals surface area (Å²) in [5.74, 6) is -2.92. The van der Waals surface area contributed by atoms with Crippen molar-refractivity contribution in [3.63, 3.8) is 0 Å². The van der Waals surface area contributed by atoms with Crippen LogP contribution < -0.4 is 10.2 Å². The number of halogens is 2. The first-order valence-corrected chi connectivity index (χ1v) is 11.5. The SMILES string of the molecule is CC(C)OCC(C)(C)C(=O)C1=C(O)C(=O)N(c2cccc(Cl)c2)C12C(=O)Nc1cc(Cl)ccc12. The molecule has 178 valence electrons. The predicted molar refractivity (Wildman–Crippen MR) is 130 cm³/mol. The average molecular weight is 503 g/mol. The minimum absolute atomic E-state index is 0.0246. The second-order valence-electron chi connectivity index (χ2n) is 9.27. The number of ketones is 1.